The van der Waals surface area contributed by atoms with Crippen molar-refractivity contribution in [2.24, 2.45) is 0 Å². The zero-order valence-corrected chi connectivity index (χ0v) is 10.4. The van der Waals surface area contributed by atoms with Gasteiger partial charge in [0.25, 0.3) is 0 Å². The summed E-state index contributed by atoms with van der Waals surface area (Å²) < 4.78 is 5.32. The van der Waals surface area contributed by atoms with E-state index in [1.807, 2.05) is 0 Å². The van der Waals surface area contributed by atoms with E-state index in [1.165, 1.54) is 6.42 Å². The molecule has 94 valence electrons. The molecule has 0 spiro atoms. The molecule has 2 fully saturated rings. The number of nitrogens with one attached hydrogen (secondary N) is 2. The fourth-order valence-corrected chi connectivity index (χ4v) is 2.30. The van der Waals surface area contributed by atoms with E-state index in [2.05, 4.69) is 10.6 Å². The summed E-state index contributed by atoms with van der Waals surface area (Å²) >= 11 is 0. The van der Waals surface area contributed by atoms with Crippen LogP contribution in [0.2, 0.25) is 0 Å². The van der Waals surface area contributed by atoms with Crippen LogP contribution in [0.1, 0.15) is 32.1 Å². The van der Waals surface area contributed by atoms with Crippen LogP contribution in [0.3, 0.4) is 0 Å². The number of hydrogen-bond donors (Lipinski definition) is 2. The first-order valence-corrected chi connectivity index (χ1v) is 5.95. The molecule has 2 N–H and O–H groups in total. The van der Waals surface area contributed by atoms with Gasteiger partial charge in [-0.2, -0.15) is 0 Å². The summed E-state index contributed by atoms with van der Waals surface area (Å²) in [5, 5.41) is 6.37. The zero-order valence-electron chi connectivity index (χ0n) is 9.54. The number of carbonyl (C=O) groups is 1. The van der Waals surface area contributed by atoms with Gasteiger partial charge < -0.3 is 15.4 Å². The lowest BCUT2D eigenvalue weighted by Gasteiger charge is -2.23. The smallest absolute Gasteiger partial charge is 0.221 e. The molecule has 0 aromatic rings. The second-order valence-corrected chi connectivity index (χ2v) is 4.48. The van der Waals surface area contributed by atoms with Gasteiger partial charge in [0.2, 0.25) is 5.91 Å². The molecule has 4 nitrogen and oxygen atoms in total. The standard InChI is InChI=1S/C11H20N2O2.ClH/c14-11(7-9-3-1-5-12-9)13-10-4-2-6-15-8-10;/h9-10,12H,1-8H2,(H,13,14);1H. The minimum absolute atomic E-state index is 0. The largest absolute Gasteiger partial charge is 0.379 e. The lowest BCUT2D eigenvalue weighted by molar-refractivity contribution is -0.123. The van der Waals surface area contributed by atoms with E-state index in [1.54, 1.807) is 0 Å². The maximum absolute atomic E-state index is 11.7. The Labute approximate surface area is 103 Å². The molecule has 0 radical (unpaired) electrons. The summed E-state index contributed by atoms with van der Waals surface area (Å²) in [7, 11) is 0. The number of hydrogen-bond acceptors (Lipinski definition) is 3. The van der Waals surface area contributed by atoms with Crippen molar-refractivity contribution in [2.75, 3.05) is 19.8 Å². The van der Waals surface area contributed by atoms with Gasteiger partial charge in [-0.05, 0) is 32.2 Å². The number of halogens is 1. The Morgan fingerprint density at radius 1 is 1.38 bits per heavy atom. The molecule has 0 aliphatic carbocycles. The molecule has 2 aliphatic heterocycles. The first-order valence-electron chi connectivity index (χ1n) is 5.95. The van der Waals surface area contributed by atoms with E-state index in [0.29, 0.717) is 19.1 Å². The summed E-state index contributed by atoms with van der Waals surface area (Å²) in [6.45, 7) is 2.59. The minimum atomic E-state index is 0. The number of ether oxygens (including phenoxy) is 1. The first-order chi connectivity index (χ1) is 7.34. The van der Waals surface area contributed by atoms with Gasteiger partial charge in [-0.15, -0.1) is 12.4 Å². The lowest BCUT2D eigenvalue weighted by atomic mass is 10.1. The van der Waals surface area contributed by atoms with Gasteiger partial charge in [-0.1, -0.05) is 0 Å². The average Bonchev–Trinajstić information content (AvgIpc) is 2.71. The zero-order chi connectivity index (χ0) is 10.5. The monoisotopic (exact) mass is 248 g/mol. The van der Waals surface area contributed by atoms with Crippen LogP contribution in [0.4, 0.5) is 0 Å². The van der Waals surface area contributed by atoms with Crippen molar-refractivity contribution in [1.82, 2.24) is 10.6 Å². The first kappa shape index (κ1) is 13.7. The van der Waals surface area contributed by atoms with E-state index in [-0.39, 0.29) is 24.4 Å². The number of amides is 1. The van der Waals surface area contributed by atoms with Gasteiger partial charge >= 0.3 is 0 Å². The summed E-state index contributed by atoms with van der Waals surface area (Å²) in [4.78, 5) is 11.7. The van der Waals surface area contributed by atoms with E-state index in [0.717, 1.165) is 32.4 Å². The van der Waals surface area contributed by atoms with Gasteiger partial charge in [0, 0.05) is 19.1 Å². The van der Waals surface area contributed by atoms with Gasteiger partial charge in [-0.25, -0.2) is 0 Å². The van der Waals surface area contributed by atoms with Crippen molar-refractivity contribution in [3.8, 4) is 0 Å². The van der Waals surface area contributed by atoms with Crippen molar-refractivity contribution in [1.29, 1.82) is 0 Å². The van der Waals surface area contributed by atoms with Crippen molar-refractivity contribution in [3.05, 3.63) is 0 Å². The fraction of sp³-hybridized carbons (Fsp3) is 0.909. The highest BCUT2D eigenvalue weighted by atomic mass is 35.5. The highest BCUT2D eigenvalue weighted by Gasteiger charge is 2.20. The summed E-state index contributed by atoms with van der Waals surface area (Å²) in [5.74, 6) is 0.171. The van der Waals surface area contributed by atoms with Crippen molar-refractivity contribution in [2.45, 2.75) is 44.2 Å². The Kier molecular flexibility index (Phi) is 6.09. The van der Waals surface area contributed by atoms with Crippen LogP contribution in [-0.4, -0.2) is 37.7 Å². The van der Waals surface area contributed by atoms with E-state index in [4.69, 9.17) is 4.74 Å². The predicted molar refractivity (Wildman–Crippen MR) is 64.9 cm³/mol. The number of carbonyl (C=O) groups excluding carboxylic acids is 1. The molecule has 1 amide bonds. The minimum Gasteiger partial charge on any atom is -0.379 e. The molecule has 0 aromatic heterocycles. The van der Waals surface area contributed by atoms with Crippen LogP contribution in [0.25, 0.3) is 0 Å². The molecule has 2 atom stereocenters. The van der Waals surface area contributed by atoms with Gasteiger partial charge in [0.1, 0.15) is 0 Å². The predicted octanol–water partition coefficient (Wildman–Crippen LogP) is 0.845. The highest BCUT2D eigenvalue weighted by molar-refractivity contribution is 5.85. The molecule has 2 rings (SSSR count). The Morgan fingerprint density at radius 2 is 2.25 bits per heavy atom. The number of rotatable bonds is 3. The molecule has 16 heavy (non-hydrogen) atoms. The third-order valence-corrected chi connectivity index (χ3v) is 3.12. The molecule has 2 saturated heterocycles. The van der Waals surface area contributed by atoms with Crippen LogP contribution in [0, 0.1) is 0 Å². The molecule has 0 bridgehead atoms. The topological polar surface area (TPSA) is 50.4 Å². The Morgan fingerprint density at radius 3 is 2.88 bits per heavy atom. The van der Waals surface area contributed by atoms with Crippen molar-refractivity contribution in [3.63, 3.8) is 0 Å². The van der Waals surface area contributed by atoms with Crippen LogP contribution in [0.15, 0.2) is 0 Å². The maximum Gasteiger partial charge on any atom is 0.221 e. The molecular weight excluding hydrogens is 228 g/mol. The average molecular weight is 249 g/mol. The molecule has 0 saturated carbocycles. The molecule has 5 heteroatoms. The third kappa shape index (κ3) is 4.28. The van der Waals surface area contributed by atoms with Crippen molar-refractivity contribution < 1.29 is 9.53 Å². The second kappa shape index (κ2) is 7.09. The molecule has 2 unspecified atom stereocenters. The van der Waals surface area contributed by atoms with E-state index < -0.39 is 0 Å². The van der Waals surface area contributed by atoms with Crippen LogP contribution >= 0.6 is 12.4 Å². The van der Waals surface area contributed by atoms with Gasteiger partial charge in [0.15, 0.2) is 0 Å². The molecule has 2 aliphatic rings. The quantitative estimate of drug-likeness (QED) is 0.779. The second-order valence-electron chi connectivity index (χ2n) is 4.48. The maximum atomic E-state index is 11.7. The van der Waals surface area contributed by atoms with E-state index >= 15 is 0 Å². The third-order valence-electron chi connectivity index (χ3n) is 3.12. The summed E-state index contributed by atoms with van der Waals surface area (Å²) in [6.07, 6.45) is 5.08. The van der Waals surface area contributed by atoms with Gasteiger partial charge in [-0.3, -0.25) is 4.79 Å². The summed E-state index contributed by atoms with van der Waals surface area (Å²) in [5.41, 5.74) is 0. The van der Waals surface area contributed by atoms with Crippen molar-refractivity contribution >= 4 is 18.3 Å². The normalized spacial score (nSPS) is 29.5. The van der Waals surface area contributed by atoms with E-state index in [9.17, 15) is 4.79 Å². The van der Waals surface area contributed by atoms with Crippen LogP contribution in [-0.2, 0) is 9.53 Å². The Balaban J connectivity index is 0.00000128. The highest BCUT2D eigenvalue weighted by Crippen LogP contribution is 2.10. The fourth-order valence-electron chi connectivity index (χ4n) is 2.30. The van der Waals surface area contributed by atoms with Crippen LogP contribution < -0.4 is 10.6 Å². The lowest BCUT2D eigenvalue weighted by Crippen LogP contribution is -2.42. The Bertz CT molecular complexity index is 214. The Hall–Kier alpha value is -0.320. The molecular formula is C11H21ClN2O2. The van der Waals surface area contributed by atoms with Gasteiger partial charge in [0.05, 0.1) is 12.6 Å². The molecule has 2 heterocycles. The molecule has 0 aromatic carbocycles. The SMILES string of the molecule is Cl.O=C(CC1CCCN1)NC1CCCOC1. The van der Waals surface area contributed by atoms with Crippen LogP contribution in [0.5, 0.6) is 0 Å². The summed E-state index contributed by atoms with van der Waals surface area (Å²) in [6, 6.07) is 0.641.